The summed E-state index contributed by atoms with van der Waals surface area (Å²) in [5.74, 6) is 1.83. The molecule has 1 nitrogen and oxygen atoms in total. The van der Waals surface area contributed by atoms with Gasteiger partial charge in [0.2, 0.25) is 0 Å². The van der Waals surface area contributed by atoms with E-state index < -0.39 is 0 Å². The molecule has 0 spiro atoms. The monoisotopic (exact) mass is 310 g/mol. The molecule has 0 saturated heterocycles. The van der Waals surface area contributed by atoms with Crippen LogP contribution in [0.1, 0.15) is 111 Å². The summed E-state index contributed by atoms with van der Waals surface area (Å²) >= 11 is 0. The second-order valence-corrected chi connectivity index (χ2v) is 6.86. The first kappa shape index (κ1) is 21.5. The van der Waals surface area contributed by atoms with Gasteiger partial charge in [0.05, 0.1) is 12.4 Å². The van der Waals surface area contributed by atoms with Gasteiger partial charge in [-0.1, -0.05) is 104 Å². The Labute approximate surface area is 140 Å². The van der Waals surface area contributed by atoms with Crippen molar-refractivity contribution in [3.63, 3.8) is 0 Å². The molecule has 0 aromatic carbocycles. The molecule has 1 unspecified atom stereocenters. The van der Waals surface area contributed by atoms with Gasteiger partial charge < -0.3 is 4.74 Å². The van der Waals surface area contributed by atoms with Crippen molar-refractivity contribution < 1.29 is 4.74 Å². The van der Waals surface area contributed by atoms with Crippen molar-refractivity contribution in [2.45, 2.75) is 111 Å². The molecule has 0 N–H and O–H groups in total. The van der Waals surface area contributed by atoms with Crippen LogP contribution in [0.2, 0.25) is 0 Å². The maximum atomic E-state index is 5.87. The van der Waals surface area contributed by atoms with Crippen molar-refractivity contribution in [3.05, 3.63) is 12.3 Å². The molecule has 0 saturated carbocycles. The van der Waals surface area contributed by atoms with Crippen LogP contribution in [0.3, 0.4) is 0 Å². The van der Waals surface area contributed by atoms with Crippen LogP contribution in [0.15, 0.2) is 12.3 Å². The summed E-state index contributed by atoms with van der Waals surface area (Å²) in [6.07, 6.45) is 18.4. The van der Waals surface area contributed by atoms with E-state index in [0.717, 1.165) is 24.7 Å². The van der Waals surface area contributed by atoms with Crippen LogP contribution in [0.4, 0.5) is 0 Å². The SMILES string of the molecule is C=C(CC(CCCC)CCCCC)OCCCCCCCC. The predicted molar refractivity (Wildman–Crippen MR) is 100 cm³/mol. The first-order valence-corrected chi connectivity index (χ1v) is 10.0. The van der Waals surface area contributed by atoms with Gasteiger partial charge >= 0.3 is 0 Å². The van der Waals surface area contributed by atoms with Gasteiger partial charge in [0, 0.05) is 6.42 Å². The molecule has 0 radical (unpaired) electrons. The molecule has 1 atom stereocenters. The normalized spacial score (nSPS) is 12.3. The highest BCUT2D eigenvalue weighted by molar-refractivity contribution is 4.85. The van der Waals surface area contributed by atoms with Crippen molar-refractivity contribution in [2.24, 2.45) is 5.92 Å². The Morgan fingerprint density at radius 2 is 1.27 bits per heavy atom. The standard InChI is InChI=1S/C21H42O/c1-5-8-11-12-13-15-18-22-20(4)19-21(16-10-7-3)17-14-9-6-2/h21H,4-19H2,1-3H3. The summed E-state index contributed by atoms with van der Waals surface area (Å²) in [5, 5.41) is 0. The van der Waals surface area contributed by atoms with E-state index in [2.05, 4.69) is 27.4 Å². The third kappa shape index (κ3) is 14.5. The molecule has 0 bridgehead atoms. The van der Waals surface area contributed by atoms with Crippen LogP contribution in [0, 0.1) is 5.92 Å². The smallest absolute Gasteiger partial charge is 0.0890 e. The minimum Gasteiger partial charge on any atom is -0.499 e. The van der Waals surface area contributed by atoms with E-state index in [1.807, 2.05) is 0 Å². The molecular formula is C21H42O. The molecule has 132 valence electrons. The lowest BCUT2D eigenvalue weighted by Gasteiger charge is -2.18. The van der Waals surface area contributed by atoms with Crippen LogP contribution in [0.25, 0.3) is 0 Å². The highest BCUT2D eigenvalue weighted by Crippen LogP contribution is 2.24. The van der Waals surface area contributed by atoms with Crippen molar-refractivity contribution in [3.8, 4) is 0 Å². The highest BCUT2D eigenvalue weighted by Gasteiger charge is 2.10. The van der Waals surface area contributed by atoms with Crippen molar-refractivity contribution in [1.82, 2.24) is 0 Å². The molecule has 0 fully saturated rings. The fraction of sp³-hybridized carbons (Fsp3) is 0.905. The molecule has 0 aliphatic heterocycles. The van der Waals surface area contributed by atoms with Crippen molar-refractivity contribution in [2.75, 3.05) is 6.61 Å². The summed E-state index contributed by atoms with van der Waals surface area (Å²) in [7, 11) is 0. The number of allylic oxidation sites excluding steroid dienone is 1. The van der Waals surface area contributed by atoms with E-state index in [1.165, 1.54) is 83.5 Å². The van der Waals surface area contributed by atoms with Gasteiger partial charge in [0.1, 0.15) is 0 Å². The van der Waals surface area contributed by atoms with E-state index in [1.54, 1.807) is 0 Å². The summed E-state index contributed by atoms with van der Waals surface area (Å²) in [5.41, 5.74) is 0. The van der Waals surface area contributed by atoms with Crippen molar-refractivity contribution >= 4 is 0 Å². The number of hydrogen-bond acceptors (Lipinski definition) is 1. The first-order chi connectivity index (χ1) is 10.7. The fourth-order valence-electron chi connectivity index (χ4n) is 3.00. The summed E-state index contributed by atoms with van der Waals surface area (Å²) in [6, 6.07) is 0. The Balaban J connectivity index is 3.71. The number of ether oxygens (including phenoxy) is 1. The Hall–Kier alpha value is -0.460. The lowest BCUT2D eigenvalue weighted by Crippen LogP contribution is -2.05. The Morgan fingerprint density at radius 1 is 0.727 bits per heavy atom. The van der Waals surface area contributed by atoms with Gasteiger partial charge in [0.15, 0.2) is 0 Å². The molecule has 22 heavy (non-hydrogen) atoms. The zero-order valence-corrected chi connectivity index (χ0v) is 15.8. The zero-order chi connectivity index (χ0) is 16.5. The summed E-state index contributed by atoms with van der Waals surface area (Å²) < 4.78 is 5.87. The Kier molecular flexibility index (Phi) is 16.5. The molecule has 1 heteroatoms. The molecule has 0 aliphatic carbocycles. The Bertz CT molecular complexity index is 234. The molecule has 0 heterocycles. The topological polar surface area (TPSA) is 9.23 Å². The predicted octanol–water partition coefficient (Wildman–Crippen LogP) is 7.65. The molecule has 0 aromatic heterocycles. The summed E-state index contributed by atoms with van der Waals surface area (Å²) in [4.78, 5) is 0. The van der Waals surface area contributed by atoms with Crippen LogP contribution in [0.5, 0.6) is 0 Å². The second-order valence-electron chi connectivity index (χ2n) is 6.86. The molecule has 0 aliphatic rings. The summed E-state index contributed by atoms with van der Waals surface area (Å²) in [6.45, 7) is 11.9. The zero-order valence-electron chi connectivity index (χ0n) is 15.8. The maximum Gasteiger partial charge on any atom is 0.0890 e. The van der Waals surface area contributed by atoms with Gasteiger partial charge in [-0.25, -0.2) is 0 Å². The van der Waals surface area contributed by atoms with Gasteiger partial charge in [0.25, 0.3) is 0 Å². The molecule has 0 aromatic rings. The van der Waals surface area contributed by atoms with Crippen LogP contribution < -0.4 is 0 Å². The number of hydrogen-bond donors (Lipinski definition) is 0. The molecule has 0 rings (SSSR count). The minimum atomic E-state index is 0.795. The van der Waals surface area contributed by atoms with Gasteiger partial charge in [-0.05, 0) is 12.3 Å². The van der Waals surface area contributed by atoms with E-state index in [9.17, 15) is 0 Å². The van der Waals surface area contributed by atoms with Gasteiger partial charge in [-0.2, -0.15) is 0 Å². The largest absolute Gasteiger partial charge is 0.499 e. The number of unbranched alkanes of at least 4 members (excludes halogenated alkanes) is 8. The highest BCUT2D eigenvalue weighted by atomic mass is 16.5. The van der Waals surface area contributed by atoms with Crippen LogP contribution in [-0.2, 0) is 4.74 Å². The van der Waals surface area contributed by atoms with Crippen LogP contribution >= 0.6 is 0 Å². The third-order valence-electron chi connectivity index (χ3n) is 4.50. The lowest BCUT2D eigenvalue weighted by atomic mass is 9.92. The quantitative estimate of drug-likeness (QED) is 0.198. The fourth-order valence-corrected chi connectivity index (χ4v) is 3.00. The maximum absolute atomic E-state index is 5.87. The van der Waals surface area contributed by atoms with E-state index in [-0.39, 0.29) is 0 Å². The second kappa shape index (κ2) is 16.9. The van der Waals surface area contributed by atoms with Crippen molar-refractivity contribution in [1.29, 1.82) is 0 Å². The van der Waals surface area contributed by atoms with Gasteiger partial charge in [-0.15, -0.1) is 0 Å². The first-order valence-electron chi connectivity index (χ1n) is 10.0. The van der Waals surface area contributed by atoms with E-state index in [4.69, 9.17) is 4.74 Å². The Morgan fingerprint density at radius 3 is 1.95 bits per heavy atom. The van der Waals surface area contributed by atoms with E-state index >= 15 is 0 Å². The van der Waals surface area contributed by atoms with E-state index in [0.29, 0.717) is 0 Å². The minimum absolute atomic E-state index is 0.795. The molecular weight excluding hydrogens is 268 g/mol. The third-order valence-corrected chi connectivity index (χ3v) is 4.50. The lowest BCUT2D eigenvalue weighted by molar-refractivity contribution is 0.182. The van der Waals surface area contributed by atoms with Crippen LogP contribution in [-0.4, -0.2) is 6.61 Å². The number of rotatable bonds is 17. The average Bonchev–Trinajstić information content (AvgIpc) is 2.51. The van der Waals surface area contributed by atoms with Gasteiger partial charge in [-0.3, -0.25) is 0 Å². The average molecular weight is 311 g/mol. The molecule has 0 amide bonds.